The molecule has 0 amide bonds. The molecule has 1 atom stereocenters. The van der Waals surface area contributed by atoms with Crippen LogP contribution < -0.4 is 5.73 Å². The van der Waals surface area contributed by atoms with Crippen molar-refractivity contribution in [2.75, 3.05) is 19.3 Å². The van der Waals surface area contributed by atoms with E-state index in [1.165, 1.54) is 16.4 Å². The zero-order valence-corrected chi connectivity index (χ0v) is 12.0. The first-order chi connectivity index (χ1) is 8.71. The number of sulfonamides is 1. The van der Waals surface area contributed by atoms with Crippen LogP contribution in [-0.2, 0) is 19.9 Å². The van der Waals surface area contributed by atoms with Gasteiger partial charge in [0.15, 0.2) is 14.9 Å². The summed E-state index contributed by atoms with van der Waals surface area (Å²) in [5.41, 5.74) is 5.68. The molecule has 2 rings (SSSR count). The lowest BCUT2D eigenvalue weighted by atomic mass is 10.3. The molecular weight excluding hydrogens is 290 g/mol. The zero-order chi connectivity index (χ0) is 14.3. The average molecular weight is 305 g/mol. The standard InChI is InChI=1S/C10H15N3O4S2/c1-18(14,15)10-3-2-9(6-12-10)19(16,17)13-5-4-8(11)7-13/h2-3,6,8H,4-5,7,11H2,1H3/t8-/m1/s1. The van der Waals surface area contributed by atoms with Crippen LogP contribution in [0.3, 0.4) is 0 Å². The minimum absolute atomic E-state index is 0.0194. The van der Waals surface area contributed by atoms with Crippen LogP contribution in [0.4, 0.5) is 0 Å². The summed E-state index contributed by atoms with van der Waals surface area (Å²) in [6, 6.07) is 2.29. The summed E-state index contributed by atoms with van der Waals surface area (Å²) in [6.07, 6.45) is 2.70. The summed E-state index contributed by atoms with van der Waals surface area (Å²) in [4.78, 5) is 3.66. The van der Waals surface area contributed by atoms with Crippen molar-refractivity contribution in [2.45, 2.75) is 22.4 Å². The fraction of sp³-hybridized carbons (Fsp3) is 0.500. The summed E-state index contributed by atoms with van der Waals surface area (Å²) < 4.78 is 48.2. The maximum absolute atomic E-state index is 12.2. The molecule has 0 spiro atoms. The Bertz CT molecular complexity index is 667. The zero-order valence-electron chi connectivity index (χ0n) is 10.4. The molecule has 19 heavy (non-hydrogen) atoms. The number of aromatic nitrogens is 1. The molecule has 7 nitrogen and oxygen atoms in total. The Morgan fingerprint density at radius 2 is 2.00 bits per heavy atom. The molecular formula is C10H15N3O4S2. The van der Waals surface area contributed by atoms with Crippen molar-refractivity contribution >= 4 is 19.9 Å². The Hall–Kier alpha value is -1.03. The molecule has 0 radical (unpaired) electrons. The Kier molecular flexibility index (Phi) is 3.65. The first kappa shape index (κ1) is 14.4. The lowest BCUT2D eigenvalue weighted by Crippen LogP contribution is -2.32. The van der Waals surface area contributed by atoms with Crippen molar-refractivity contribution < 1.29 is 16.8 Å². The second-order valence-corrected chi connectivity index (χ2v) is 8.42. The average Bonchev–Trinajstić information content (AvgIpc) is 2.76. The maximum Gasteiger partial charge on any atom is 0.244 e. The van der Waals surface area contributed by atoms with Gasteiger partial charge in [-0.15, -0.1) is 0 Å². The number of rotatable bonds is 3. The number of sulfone groups is 1. The quantitative estimate of drug-likeness (QED) is 0.783. The molecule has 0 aliphatic carbocycles. The number of nitrogens with two attached hydrogens (primary N) is 1. The Balaban J connectivity index is 2.32. The lowest BCUT2D eigenvalue weighted by Gasteiger charge is -2.15. The normalized spacial score (nSPS) is 21.7. The first-order valence-electron chi connectivity index (χ1n) is 5.63. The highest BCUT2D eigenvalue weighted by atomic mass is 32.2. The van der Waals surface area contributed by atoms with E-state index in [0.717, 1.165) is 12.5 Å². The van der Waals surface area contributed by atoms with Gasteiger partial charge in [0.2, 0.25) is 10.0 Å². The highest BCUT2D eigenvalue weighted by Crippen LogP contribution is 2.20. The van der Waals surface area contributed by atoms with Gasteiger partial charge in [-0.1, -0.05) is 0 Å². The van der Waals surface area contributed by atoms with E-state index >= 15 is 0 Å². The largest absolute Gasteiger partial charge is 0.326 e. The van der Waals surface area contributed by atoms with Gasteiger partial charge in [-0.2, -0.15) is 4.31 Å². The third-order valence-electron chi connectivity index (χ3n) is 2.91. The summed E-state index contributed by atoms with van der Waals surface area (Å²) in [7, 11) is -7.07. The molecule has 1 saturated heterocycles. The van der Waals surface area contributed by atoms with Gasteiger partial charge in [-0.3, -0.25) is 0 Å². The molecule has 1 aromatic heterocycles. The Morgan fingerprint density at radius 1 is 1.32 bits per heavy atom. The van der Waals surface area contributed by atoms with E-state index < -0.39 is 19.9 Å². The lowest BCUT2D eigenvalue weighted by molar-refractivity contribution is 0.472. The molecule has 0 aromatic carbocycles. The van der Waals surface area contributed by atoms with Crippen molar-refractivity contribution in [1.82, 2.24) is 9.29 Å². The molecule has 1 fully saturated rings. The molecule has 1 aliphatic heterocycles. The molecule has 2 N–H and O–H groups in total. The number of hydrogen-bond acceptors (Lipinski definition) is 6. The SMILES string of the molecule is CS(=O)(=O)c1ccc(S(=O)(=O)N2CC[C@@H](N)C2)cn1. The van der Waals surface area contributed by atoms with Crippen molar-refractivity contribution in [3.8, 4) is 0 Å². The Labute approximate surface area is 112 Å². The van der Waals surface area contributed by atoms with Gasteiger partial charge < -0.3 is 5.73 Å². The topological polar surface area (TPSA) is 110 Å². The smallest absolute Gasteiger partial charge is 0.244 e. The van der Waals surface area contributed by atoms with E-state index in [1.807, 2.05) is 0 Å². The summed E-state index contributed by atoms with van der Waals surface area (Å²) in [5.74, 6) is 0. The Morgan fingerprint density at radius 3 is 2.42 bits per heavy atom. The minimum Gasteiger partial charge on any atom is -0.326 e. The minimum atomic E-state index is -3.64. The van der Waals surface area contributed by atoms with E-state index in [4.69, 9.17) is 5.73 Å². The van der Waals surface area contributed by atoms with Crippen molar-refractivity contribution in [1.29, 1.82) is 0 Å². The van der Waals surface area contributed by atoms with E-state index in [2.05, 4.69) is 4.98 Å². The maximum atomic E-state index is 12.2. The van der Waals surface area contributed by atoms with E-state index in [0.29, 0.717) is 13.0 Å². The van der Waals surface area contributed by atoms with Crippen LogP contribution in [0.1, 0.15) is 6.42 Å². The van der Waals surface area contributed by atoms with Crippen molar-refractivity contribution in [3.05, 3.63) is 18.3 Å². The number of hydrogen-bond donors (Lipinski definition) is 1. The molecule has 9 heteroatoms. The van der Waals surface area contributed by atoms with Gasteiger partial charge in [0.25, 0.3) is 0 Å². The predicted octanol–water partition coefficient (Wildman–Crippen LogP) is -0.793. The van der Waals surface area contributed by atoms with Crippen molar-refractivity contribution in [3.63, 3.8) is 0 Å². The van der Waals surface area contributed by atoms with Crippen LogP contribution >= 0.6 is 0 Å². The van der Waals surface area contributed by atoms with E-state index in [1.54, 1.807) is 0 Å². The van der Waals surface area contributed by atoms with Crippen LogP contribution in [0.25, 0.3) is 0 Å². The highest BCUT2D eigenvalue weighted by molar-refractivity contribution is 7.90. The fourth-order valence-corrected chi connectivity index (χ4v) is 3.88. The van der Waals surface area contributed by atoms with Crippen LogP contribution in [0, 0.1) is 0 Å². The highest BCUT2D eigenvalue weighted by Gasteiger charge is 2.31. The molecule has 0 unspecified atom stereocenters. The van der Waals surface area contributed by atoms with Crippen LogP contribution in [0.2, 0.25) is 0 Å². The third kappa shape index (κ3) is 2.94. The predicted molar refractivity (Wildman–Crippen MR) is 68.7 cm³/mol. The number of nitrogens with zero attached hydrogens (tertiary/aromatic N) is 2. The third-order valence-corrected chi connectivity index (χ3v) is 5.76. The molecule has 0 saturated carbocycles. The van der Waals surface area contributed by atoms with Gasteiger partial charge in [0.05, 0.1) is 0 Å². The van der Waals surface area contributed by atoms with Gasteiger partial charge >= 0.3 is 0 Å². The molecule has 2 heterocycles. The van der Waals surface area contributed by atoms with Crippen LogP contribution in [0.5, 0.6) is 0 Å². The summed E-state index contributed by atoms with van der Waals surface area (Å²) in [6.45, 7) is 0.646. The summed E-state index contributed by atoms with van der Waals surface area (Å²) in [5, 5.41) is -0.149. The van der Waals surface area contributed by atoms with Gasteiger partial charge in [-0.05, 0) is 18.6 Å². The van der Waals surface area contributed by atoms with Gasteiger partial charge in [-0.25, -0.2) is 21.8 Å². The molecule has 0 bridgehead atoms. The monoisotopic (exact) mass is 305 g/mol. The second kappa shape index (κ2) is 4.82. The van der Waals surface area contributed by atoms with Gasteiger partial charge in [0, 0.05) is 31.6 Å². The first-order valence-corrected chi connectivity index (χ1v) is 8.96. The molecule has 106 valence electrons. The second-order valence-electron chi connectivity index (χ2n) is 4.52. The summed E-state index contributed by atoms with van der Waals surface area (Å²) >= 11 is 0. The van der Waals surface area contributed by atoms with E-state index in [9.17, 15) is 16.8 Å². The van der Waals surface area contributed by atoms with Crippen LogP contribution in [-0.4, -0.2) is 51.5 Å². The fourth-order valence-electron chi connectivity index (χ4n) is 1.86. The van der Waals surface area contributed by atoms with Crippen LogP contribution in [0.15, 0.2) is 28.3 Å². The van der Waals surface area contributed by atoms with E-state index in [-0.39, 0.29) is 22.5 Å². The van der Waals surface area contributed by atoms with Gasteiger partial charge in [0.1, 0.15) is 4.90 Å². The van der Waals surface area contributed by atoms with Crippen molar-refractivity contribution in [2.24, 2.45) is 5.73 Å². The number of pyridine rings is 1. The molecule has 1 aromatic rings. The molecule has 1 aliphatic rings.